The molecule has 0 aliphatic heterocycles. The Hall–Kier alpha value is -2.54. The quantitative estimate of drug-likeness (QED) is 0.302. The Kier molecular flexibility index (Phi) is 52.0. The van der Waals surface area contributed by atoms with Crippen LogP contribution in [0.15, 0.2) is 79.5 Å². The molecular weight excluding hydrogens is 591 g/mol. The van der Waals surface area contributed by atoms with Crippen LogP contribution >= 0.6 is 0 Å². The topological polar surface area (TPSA) is 26.0 Å². The molecule has 0 saturated heterocycles. The van der Waals surface area contributed by atoms with Crippen LogP contribution in [0.5, 0.6) is 0 Å². The first kappa shape index (κ1) is 58.7. The molecule has 3 rings (SSSR count). The van der Waals surface area contributed by atoms with Gasteiger partial charge in [-0.3, -0.25) is 0 Å². The Labute approximate surface area is 312 Å². The van der Waals surface area contributed by atoms with Crippen LogP contribution in [0, 0.1) is 32.1 Å². The molecule has 288 valence electrons. The molecule has 0 aromatic heterocycles. The van der Waals surface area contributed by atoms with Gasteiger partial charge in [0.25, 0.3) is 0 Å². The van der Waals surface area contributed by atoms with Crippen molar-refractivity contribution >= 4 is 5.57 Å². The van der Waals surface area contributed by atoms with Crippen LogP contribution in [-0.2, 0) is 0 Å². The lowest BCUT2D eigenvalue weighted by Gasteiger charge is -2.24. The molecule has 1 aliphatic rings. The number of benzene rings is 2. The highest BCUT2D eigenvalue weighted by Gasteiger charge is 2.18. The van der Waals surface area contributed by atoms with E-state index in [9.17, 15) is 0 Å². The largest absolute Gasteiger partial charge is 0.403 e. The summed E-state index contributed by atoms with van der Waals surface area (Å²) in [6.07, 6.45) is 12.7. The van der Waals surface area contributed by atoms with E-state index in [0.717, 1.165) is 30.9 Å². The van der Waals surface area contributed by atoms with E-state index >= 15 is 0 Å². The van der Waals surface area contributed by atoms with Crippen molar-refractivity contribution in [1.82, 2.24) is 0 Å². The molecule has 0 radical (unpaired) electrons. The lowest BCUT2D eigenvalue weighted by Crippen LogP contribution is -2.08. The third-order valence-electron chi connectivity index (χ3n) is 6.94. The summed E-state index contributed by atoms with van der Waals surface area (Å²) in [6, 6.07) is 17.1. The Balaban J connectivity index is -0.000000118. The van der Waals surface area contributed by atoms with Crippen molar-refractivity contribution in [3.8, 4) is 0 Å². The van der Waals surface area contributed by atoms with E-state index in [2.05, 4.69) is 131 Å². The Bertz CT molecular complexity index is 949. The summed E-state index contributed by atoms with van der Waals surface area (Å²) in [5, 5.41) is 0. The fourth-order valence-electron chi connectivity index (χ4n) is 4.48. The average Bonchev–Trinajstić information content (AvgIpc) is 3.09. The van der Waals surface area contributed by atoms with Crippen molar-refractivity contribution in [3.63, 3.8) is 0 Å². The third-order valence-corrected chi connectivity index (χ3v) is 6.94. The van der Waals surface area contributed by atoms with E-state index in [1.807, 2.05) is 62.3 Å². The SMILES string of the molecule is C=C(C)CC.C=C(N)CCC.C=C(c1ccccc1C)C1CCCCC1.CC.CC.CC.CC.CCCC(C)(C)C.Cc1cccc(C)c1. The standard InChI is InChI=1S/C15H20.C8H10.C7H16.C5H11N.C5H10.4C2H6/c1-12-8-6-7-11-15(12)13(2)14-9-4-3-5-10-14;1-7-4-3-5-8(2)6-7;1-5-6-7(2,3)4;1-3-4-5(2)6;1-4-5(2)3;4*1-2/h6-8,11,14H,2-5,9-10H2,1H3;3-6H,1-2H3;5-6H2,1-4H3;2-4,6H2,1H3;2,4H2,1,3H3;4*1-2H3. The van der Waals surface area contributed by atoms with Crippen molar-refractivity contribution in [1.29, 1.82) is 0 Å². The maximum absolute atomic E-state index is 5.21. The first-order valence-corrected chi connectivity index (χ1v) is 20.0. The van der Waals surface area contributed by atoms with Crippen LogP contribution in [0.4, 0.5) is 0 Å². The average molecular weight is 682 g/mol. The van der Waals surface area contributed by atoms with Crippen LogP contribution in [-0.4, -0.2) is 0 Å². The molecule has 0 amide bonds. The summed E-state index contributed by atoms with van der Waals surface area (Å²) in [7, 11) is 0. The number of rotatable bonds is 6. The van der Waals surface area contributed by atoms with E-state index in [1.54, 1.807) is 0 Å². The zero-order valence-corrected chi connectivity index (χ0v) is 37.0. The van der Waals surface area contributed by atoms with Gasteiger partial charge in [0.1, 0.15) is 0 Å². The highest BCUT2D eigenvalue weighted by atomic mass is 14.5. The summed E-state index contributed by atoms with van der Waals surface area (Å²) in [5.74, 6) is 0.736. The van der Waals surface area contributed by atoms with Gasteiger partial charge in [0.2, 0.25) is 0 Å². The second-order valence-corrected chi connectivity index (χ2v) is 12.9. The molecule has 0 heterocycles. The number of nitrogens with two attached hydrogens (primary N) is 1. The highest BCUT2D eigenvalue weighted by molar-refractivity contribution is 5.67. The van der Waals surface area contributed by atoms with E-state index < -0.39 is 0 Å². The van der Waals surface area contributed by atoms with Crippen LogP contribution in [0.3, 0.4) is 0 Å². The van der Waals surface area contributed by atoms with Gasteiger partial charge in [-0.15, -0.1) is 6.58 Å². The van der Waals surface area contributed by atoms with Crippen LogP contribution in [0.25, 0.3) is 5.57 Å². The number of allylic oxidation sites excluding steroid dienone is 3. The van der Waals surface area contributed by atoms with Crippen molar-refractivity contribution in [2.75, 3.05) is 0 Å². The number of aryl methyl sites for hydroxylation is 3. The van der Waals surface area contributed by atoms with Crippen molar-refractivity contribution in [3.05, 3.63) is 102 Å². The predicted molar refractivity (Wildman–Crippen MR) is 236 cm³/mol. The summed E-state index contributed by atoms with van der Waals surface area (Å²) in [5.41, 5.74) is 14.6. The molecule has 49 heavy (non-hydrogen) atoms. The monoisotopic (exact) mass is 682 g/mol. The highest BCUT2D eigenvalue weighted by Crippen LogP contribution is 2.35. The number of hydrogen-bond donors (Lipinski definition) is 1. The molecule has 0 atom stereocenters. The van der Waals surface area contributed by atoms with Gasteiger partial charge in [-0.05, 0) is 87.8 Å². The molecular formula is C48H91N. The van der Waals surface area contributed by atoms with E-state index in [1.165, 1.54) is 78.3 Å². The van der Waals surface area contributed by atoms with Gasteiger partial charge in [-0.25, -0.2) is 0 Å². The molecule has 0 spiro atoms. The predicted octanol–water partition coefficient (Wildman–Crippen LogP) is 17.1. The lowest BCUT2D eigenvalue weighted by molar-refractivity contribution is 0.373. The van der Waals surface area contributed by atoms with E-state index in [0.29, 0.717) is 5.41 Å². The summed E-state index contributed by atoms with van der Waals surface area (Å²) >= 11 is 0. The van der Waals surface area contributed by atoms with Crippen LogP contribution < -0.4 is 5.73 Å². The molecule has 2 aromatic carbocycles. The zero-order valence-electron chi connectivity index (χ0n) is 37.0. The minimum Gasteiger partial charge on any atom is -0.403 e. The first-order chi connectivity index (χ1) is 23.2. The second kappa shape index (κ2) is 43.5. The lowest BCUT2D eigenvalue weighted by atomic mass is 9.81. The Morgan fingerprint density at radius 3 is 1.37 bits per heavy atom. The maximum atomic E-state index is 5.21. The summed E-state index contributed by atoms with van der Waals surface area (Å²) in [4.78, 5) is 0. The van der Waals surface area contributed by atoms with Gasteiger partial charge in [0.15, 0.2) is 0 Å². The molecule has 2 aromatic rings. The smallest absolute Gasteiger partial charge is 0.000733 e. The minimum atomic E-state index is 0.550. The molecule has 1 nitrogen and oxygen atoms in total. The third kappa shape index (κ3) is 45.5. The van der Waals surface area contributed by atoms with E-state index in [-0.39, 0.29) is 0 Å². The van der Waals surface area contributed by atoms with Gasteiger partial charge in [-0.1, -0.05) is 207 Å². The van der Waals surface area contributed by atoms with Gasteiger partial charge >= 0.3 is 0 Å². The molecule has 1 heteroatoms. The molecule has 1 fully saturated rings. The van der Waals surface area contributed by atoms with E-state index in [4.69, 9.17) is 5.73 Å². The molecule has 0 unspecified atom stereocenters. The molecule has 1 aliphatic carbocycles. The maximum Gasteiger partial charge on any atom is 0.000733 e. The molecule has 0 bridgehead atoms. The van der Waals surface area contributed by atoms with Gasteiger partial charge in [-0.2, -0.15) is 0 Å². The van der Waals surface area contributed by atoms with Crippen molar-refractivity contribution in [2.45, 2.75) is 189 Å². The Morgan fingerprint density at radius 1 is 0.694 bits per heavy atom. The van der Waals surface area contributed by atoms with Gasteiger partial charge < -0.3 is 5.73 Å². The normalized spacial score (nSPS) is 10.9. The fourth-order valence-corrected chi connectivity index (χ4v) is 4.48. The second-order valence-electron chi connectivity index (χ2n) is 12.9. The minimum absolute atomic E-state index is 0.550. The zero-order chi connectivity index (χ0) is 39.8. The van der Waals surface area contributed by atoms with Crippen LogP contribution in [0.1, 0.15) is 190 Å². The summed E-state index contributed by atoms with van der Waals surface area (Å²) in [6.45, 7) is 49.2. The first-order valence-electron chi connectivity index (χ1n) is 20.0. The summed E-state index contributed by atoms with van der Waals surface area (Å²) < 4.78 is 0. The van der Waals surface area contributed by atoms with Gasteiger partial charge in [0, 0.05) is 5.70 Å². The molecule has 2 N–H and O–H groups in total. The number of hydrogen-bond acceptors (Lipinski definition) is 1. The fraction of sp³-hybridized carbons (Fsp3) is 0.625. The van der Waals surface area contributed by atoms with Crippen LogP contribution in [0.2, 0.25) is 0 Å². The van der Waals surface area contributed by atoms with Gasteiger partial charge in [0.05, 0.1) is 0 Å². The Morgan fingerprint density at radius 2 is 1.12 bits per heavy atom. The molecule has 1 saturated carbocycles. The van der Waals surface area contributed by atoms with Crippen molar-refractivity contribution < 1.29 is 0 Å². The van der Waals surface area contributed by atoms with Crippen molar-refractivity contribution in [2.24, 2.45) is 17.1 Å².